The summed E-state index contributed by atoms with van der Waals surface area (Å²) in [5.41, 5.74) is 0.544. The average Bonchev–Trinajstić information content (AvgIpc) is 2.26. The summed E-state index contributed by atoms with van der Waals surface area (Å²) in [6.07, 6.45) is -3.85. The van der Waals surface area contributed by atoms with E-state index in [-0.39, 0.29) is 11.3 Å². The van der Waals surface area contributed by atoms with E-state index in [1.54, 1.807) is 6.92 Å². The number of aryl methyl sites for hydroxylation is 1. The van der Waals surface area contributed by atoms with E-state index < -0.39 is 30.8 Å². The van der Waals surface area contributed by atoms with Crippen molar-refractivity contribution < 1.29 is 28.6 Å². The van der Waals surface area contributed by atoms with Gasteiger partial charge in [0.05, 0.1) is 5.56 Å². The zero-order chi connectivity index (χ0) is 14.6. The molecular formula is C12H13F2NO4. The Hall–Kier alpha value is -2.18. The van der Waals surface area contributed by atoms with E-state index >= 15 is 0 Å². The molecule has 7 heteroatoms. The van der Waals surface area contributed by atoms with Crippen LogP contribution in [0.5, 0.6) is 5.75 Å². The maximum Gasteiger partial charge on any atom is 0.326 e. The molecule has 0 aliphatic heterocycles. The van der Waals surface area contributed by atoms with Crippen molar-refractivity contribution in [1.82, 2.24) is 5.32 Å². The molecule has 0 bridgehead atoms. The normalized spacial score (nSPS) is 12.2. The second-order valence-corrected chi connectivity index (χ2v) is 4.01. The molecule has 0 aliphatic carbocycles. The van der Waals surface area contributed by atoms with Crippen LogP contribution in [0.25, 0.3) is 0 Å². The number of halogens is 2. The molecule has 0 aromatic heterocycles. The smallest absolute Gasteiger partial charge is 0.326 e. The monoisotopic (exact) mass is 273 g/mol. The van der Waals surface area contributed by atoms with Crippen LogP contribution < -0.4 is 5.32 Å². The van der Waals surface area contributed by atoms with Gasteiger partial charge in [0.1, 0.15) is 11.8 Å². The summed E-state index contributed by atoms with van der Waals surface area (Å²) in [4.78, 5) is 22.4. The lowest BCUT2D eigenvalue weighted by atomic mass is 10.1. The summed E-state index contributed by atoms with van der Waals surface area (Å²) < 4.78 is 24.3. The molecular weight excluding hydrogens is 260 g/mol. The van der Waals surface area contributed by atoms with Gasteiger partial charge in [-0.25, -0.2) is 13.6 Å². The Kier molecular flexibility index (Phi) is 4.80. The Bertz CT molecular complexity index is 491. The van der Waals surface area contributed by atoms with Gasteiger partial charge in [-0.15, -0.1) is 0 Å². The third-order valence-electron chi connectivity index (χ3n) is 2.42. The van der Waals surface area contributed by atoms with Crippen LogP contribution in [0.15, 0.2) is 18.2 Å². The highest BCUT2D eigenvalue weighted by atomic mass is 19.3. The van der Waals surface area contributed by atoms with Crippen molar-refractivity contribution in [2.45, 2.75) is 25.8 Å². The molecule has 0 heterocycles. The van der Waals surface area contributed by atoms with Crippen molar-refractivity contribution in [2.75, 3.05) is 0 Å². The standard InChI is InChI=1S/C12H13F2NO4/c1-6-2-3-7(9(16)4-6)11(17)15-8(12(18)19)5-10(13)14/h2-4,8,10,16H,5H2,1H3,(H,15,17)(H,18,19). The lowest BCUT2D eigenvalue weighted by Crippen LogP contribution is -2.42. The molecule has 104 valence electrons. The molecule has 0 fully saturated rings. The van der Waals surface area contributed by atoms with Crippen molar-refractivity contribution in [2.24, 2.45) is 0 Å². The predicted octanol–water partition coefficient (Wildman–Crippen LogP) is 1.54. The number of rotatable bonds is 5. The zero-order valence-electron chi connectivity index (χ0n) is 10.1. The number of hydrogen-bond donors (Lipinski definition) is 3. The summed E-state index contributed by atoms with van der Waals surface area (Å²) in [7, 11) is 0. The number of carboxylic acid groups (broad SMARTS) is 1. The van der Waals surface area contributed by atoms with Gasteiger partial charge in [-0.2, -0.15) is 0 Å². The minimum absolute atomic E-state index is 0.161. The maximum absolute atomic E-state index is 12.2. The fourth-order valence-electron chi connectivity index (χ4n) is 1.47. The van der Waals surface area contributed by atoms with E-state index in [1.165, 1.54) is 18.2 Å². The zero-order valence-corrected chi connectivity index (χ0v) is 10.1. The fourth-order valence-corrected chi connectivity index (χ4v) is 1.47. The van der Waals surface area contributed by atoms with Crippen LogP contribution in [0.1, 0.15) is 22.3 Å². The van der Waals surface area contributed by atoms with Crippen molar-refractivity contribution in [3.63, 3.8) is 0 Å². The van der Waals surface area contributed by atoms with Crippen molar-refractivity contribution >= 4 is 11.9 Å². The van der Waals surface area contributed by atoms with Gasteiger partial charge in [0.25, 0.3) is 5.91 Å². The van der Waals surface area contributed by atoms with E-state index in [4.69, 9.17) is 5.11 Å². The van der Waals surface area contributed by atoms with E-state index in [0.29, 0.717) is 5.56 Å². The number of carbonyl (C=O) groups excluding carboxylic acids is 1. The van der Waals surface area contributed by atoms with Gasteiger partial charge in [0, 0.05) is 6.42 Å². The number of hydrogen-bond acceptors (Lipinski definition) is 3. The molecule has 19 heavy (non-hydrogen) atoms. The van der Waals surface area contributed by atoms with Gasteiger partial charge in [-0.05, 0) is 24.6 Å². The number of carbonyl (C=O) groups is 2. The Morgan fingerprint density at radius 3 is 2.47 bits per heavy atom. The van der Waals surface area contributed by atoms with E-state index in [9.17, 15) is 23.5 Å². The summed E-state index contributed by atoms with van der Waals surface area (Å²) in [6, 6.07) is 2.45. The van der Waals surface area contributed by atoms with Gasteiger partial charge in [0.2, 0.25) is 6.43 Å². The highest BCUT2D eigenvalue weighted by Crippen LogP contribution is 2.18. The molecule has 1 atom stereocenters. The number of alkyl halides is 2. The first-order valence-corrected chi connectivity index (χ1v) is 5.42. The van der Waals surface area contributed by atoms with Crippen molar-refractivity contribution in [1.29, 1.82) is 0 Å². The molecule has 5 nitrogen and oxygen atoms in total. The van der Waals surface area contributed by atoms with E-state index in [1.807, 2.05) is 5.32 Å². The predicted molar refractivity (Wildman–Crippen MR) is 62.4 cm³/mol. The highest BCUT2D eigenvalue weighted by molar-refractivity contribution is 5.98. The number of aromatic hydroxyl groups is 1. The molecule has 1 aromatic carbocycles. The van der Waals surface area contributed by atoms with E-state index in [2.05, 4.69) is 0 Å². The topological polar surface area (TPSA) is 86.6 Å². The van der Waals surface area contributed by atoms with Gasteiger partial charge in [-0.3, -0.25) is 4.79 Å². The van der Waals surface area contributed by atoms with Crippen molar-refractivity contribution in [3.8, 4) is 5.75 Å². The summed E-state index contributed by atoms with van der Waals surface area (Å²) in [5.74, 6) is -2.80. The lowest BCUT2D eigenvalue weighted by molar-refractivity contribution is -0.140. The minimum Gasteiger partial charge on any atom is -0.507 e. The minimum atomic E-state index is -2.85. The Morgan fingerprint density at radius 1 is 1.37 bits per heavy atom. The third-order valence-corrected chi connectivity index (χ3v) is 2.42. The van der Waals surface area contributed by atoms with Crippen LogP contribution >= 0.6 is 0 Å². The third kappa shape index (κ3) is 4.20. The number of nitrogens with one attached hydrogen (secondary N) is 1. The molecule has 1 amide bonds. The first-order valence-electron chi connectivity index (χ1n) is 5.42. The van der Waals surface area contributed by atoms with Crippen LogP contribution in [0.2, 0.25) is 0 Å². The van der Waals surface area contributed by atoms with Crippen LogP contribution in [0.4, 0.5) is 8.78 Å². The molecule has 3 N–H and O–H groups in total. The number of carboxylic acids is 1. The van der Waals surface area contributed by atoms with Crippen LogP contribution in [-0.4, -0.2) is 34.6 Å². The molecule has 0 saturated heterocycles. The molecule has 0 radical (unpaired) electrons. The summed E-state index contributed by atoms with van der Waals surface area (Å²) >= 11 is 0. The van der Waals surface area contributed by atoms with Crippen LogP contribution in [-0.2, 0) is 4.79 Å². The number of phenolic OH excluding ortho intramolecular Hbond substituents is 1. The Morgan fingerprint density at radius 2 is 2.00 bits per heavy atom. The lowest BCUT2D eigenvalue weighted by Gasteiger charge is -2.14. The van der Waals surface area contributed by atoms with E-state index in [0.717, 1.165) is 0 Å². The number of benzene rings is 1. The summed E-state index contributed by atoms with van der Waals surface area (Å²) in [6.45, 7) is 1.69. The second kappa shape index (κ2) is 6.12. The molecule has 1 unspecified atom stereocenters. The highest BCUT2D eigenvalue weighted by Gasteiger charge is 2.25. The number of amides is 1. The average molecular weight is 273 g/mol. The number of aliphatic carboxylic acids is 1. The van der Waals surface area contributed by atoms with Crippen molar-refractivity contribution in [3.05, 3.63) is 29.3 Å². The second-order valence-electron chi connectivity index (χ2n) is 4.01. The summed E-state index contributed by atoms with van der Waals surface area (Å²) in [5, 5.41) is 20.2. The maximum atomic E-state index is 12.2. The Labute approximate surface area is 107 Å². The van der Waals surface area contributed by atoms with Gasteiger partial charge in [-0.1, -0.05) is 6.07 Å². The molecule has 0 saturated carbocycles. The first kappa shape index (κ1) is 14.9. The number of phenols is 1. The quantitative estimate of drug-likeness (QED) is 0.759. The Balaban J connectivity index is 2.84. The molecule has 0 spiro atoms. The fraction of sp³-hybridized carbons (Fsp3) is 0.333. The first-order chi connectivity index (χ1) is 8.81. The van der Waals surface area contributed by atoms with Gasteiger partial charge >= 0.3 is 5.97 Å². The molecule has 1 aromatic rings. The van der Waals surface area contributed by atoms with Crippen LogP contribution in [0.3, 0.4) is 0 Å². The van der Waals surface area contributed by atoms with Gasteiger partial charge in [0.15, 0.2) is 0 Å². The molecule has 0 aliphatic rings. The van der Waals surface area contributed by atoms with Gasteiger partial charge < -0.3 is 15.5 Å². The molecule has 1 rings (SSSR count). The SMILES string of the molecule is Cc1ccc(C(=O)NC(CC(F)F)C(=O)O)c(O)c1. The van der Waals surface area contributed by atoms with Crippen LogP contribution in [0, 0.1) is 6.92 Å². The largest absolute Gasteiger partial charge is 0.507 e.